The molecular formula is C27H35NO4S2. The van der Waals surface area contributed by atoms with Gasteiger partial charge in [0.1, 0.15) is 11.6 Å². The molecule has 2 aromatic rings. The van der Waals surface area contributed by atoms with Crippen molar-refractivity contribution >= 4 is 40.5 Å². The molecule has 2 atom stereocenters. The molecule has 0 saturated heterocycles. The summed E-state index contributed by atoms with van der Waals surface area (Å²) in [5.74, 6) is 0.339. The Balaban J connectivity index is 2.10. The molecule has 5 nitrogen and oxygen atoms in total. The molecule has 0 aliphatic rings. The van der Waals surface area contributed by atoms with E-state index < -0.39 is 23.5 Å². The molecule has 2 aromatic carbocycles. The van der Waals surface area contributed by atoms with Crippen molar-refractivity contribution in [3.8, 4) is 0 Å². The summed E-state index contributed by atoms with van der Waals surface area (Å²) >= 11 is 2.70. The summed E-state index contributed by atoms with van der Waals surface area (Å²) in [5, 5.41) is 2.88. The number of esters is 1. The molecule has 7 heteroatoms. The number of hydrogen-bond acceptors (Lipinski definition) is 6. The zero-order valence-electron chi connectivity index (χ0n) is 20.6. The Bertz CT molecular complexity index is 939. The van der Waals surface area contributed by atoms with E-state index in [1.165, 1.54) is 12.5 Å². The Hall–Kier alpha value is -2.25. The van der Waals surface area contributed by atoms with Crippen LogP contribution in [-0.2, 0) is 31.3 Å². The van der Waals surface area contributed by atoms with Gasteiger partial charge in [0.15, 0.2) is 5.12 Å². The summed E-state index contributed by atoms with van der Waals surface area (Å²) in [4.78, 5) is 37.7. The van der Waals surface area contributed by atoms with Crippen LogP contribution in [0.4, 0.5) is 0 Å². The summed E-state index contributed by atoms with van der Waals surface area (Å²) in [6.45, 7) is 8.97. The van der Waals surface area contributed by atoms with Crippen LogP contribution in [0, 0.1) is 12.8 Å². The number of nitrogens with one attached hydrogen (secondary N) is 1. The Morgan fingerprint density at radius 1 is 0.941 bits per heavy atom. The molecule has 0 bridgehead atoms. The third kappa shape index (κ3) is 10.8. The van der Waals surface area contributed by atoms with Gasteiger partial charge in [-0.1, -0.05) is 71.9 Å². The third-order valence-corrected chi connectivity index (χ3v) is 6.95. The number of hydrogen-bond donors (Lipinski definition) is 1. The first-order valence-electron chi connectivity index (χ1n) is 11.4. The summed E-state index contributed by atoms with van der Waals surface area (Å²) in [7, 11) is 0. The molecule has 34 heavy (non-hydrogen) atoms. The van der Waals surface area contributed by atoms with Crippen LogP contribution in [0.25, 0.3) is 0 Å². The predicted octanol–water partition coefficient (Wildman–Crippen LogP) is 5.19. The molecule has 0 heterocycles. The second kappa shape index (κ2) is 13.6. The number of benzene rings is 2. The Morgan fingerprint density at radius 2 is 1.59 bits per heavy atom. The molecule has 0 radical (unpaired) electrons. The number of rotatable bonds is 11. The van der Waals surface area contributed by atoms with E-state index in [9.17, 15) is 14.4 Å². The van der Waals surface area contributed by atoms with Crippen LogP contribution < -0.4 is 5.32 Å². The van der Waals surface area contributed by atoms with Crippen molar-refractivity contribution in [3.05, 3.63) is 71.3 Å². The van der Waals surface area contributed by atoms with E-state index in [-0.39, 0.29) is 11.0 Å². The van der Waals surface area contributed by atoms with E-state index in [4.69, 9.17) is 4.74 Å². The zero-order valence-corrected chi connectivity index (χ0v) is 22.3. The lowest BCUT2D eigenvalue weighted by Crippen LogP contribution is -2.48. The third-order valence-electron chi connectivity index (χ3n) is 4.87. The standard InChI is InChI=1S/C27H35NO4S2/c1-19-11-13-22(14-12-19)16-33-18-24(26(31)32-27(3,4)5)28-25(30)23(17-34-20(2)29)15-21-9-7-6-8-10-21/h6-14,23-24H,15-18H2,1-5H3,(H,28,30)/t23-,24-/m0/s1. The number of ether oxygens (including phenoxy) is 1. The van der Waals surface area contributed by atoms with Gasteiger partial charge in [-0.15, -0.1) is 0 Å². The van der Waals surface area contributed by atoms with Gasteiger partial charge >= 0.3 is 5.97 Å². The number of thioether (sulfide) groups is 2. The van der Waals surface area contributed by atoms with Crippen molar-refractivity contribution in [3.63, 3.8) is 0 Å². The van der Waals surface area contributed by atoms with Crippen LogP contribution >= 0.6 is 23.5 Å². The van der Waals surface area contributed by atoms with E-state index in [0.717, 1.165) is 28.6 Å². The minimum absolute atomic E-state index is 0.0387. The summed E-state index contributed by atoms with van der Waals surface area (Å²) in [6, 6.07) is 17.2. The molecular weight excluding hydrogens is 466 g/mol. The summed E-state index contributed by atoms with van der Waals surface area (Å²) in [6.07, 6.45) is 0.491. The van der Waals surface area contributed by atoms with Crippen molar-refractivity contribution in [1.82, 2.24) is 5.32 Å². The highest BCUT2D eigenvalue weighted by molar-refractivity contribution is 8.13. The second-order valence-electron chi connectivity index (χ2n) is 9.28. The van der Waals surface area contributed by atoms with E-state index >= 15 is 0 Å². The normalized spacial score (nSPS) is 13.1. The van der Waals surface area contributed by atoms with Crippen molar-refractivity contribution in [1.29, 1.82) is 0 Å². The van der Waals surface area contributed by atoms with Crippen LogP contribution in [0.15, 0.2) is 54.6 Å². The van der Waals surface area contributed by atoms with Gasteiger partial charge in [0.2, 0.25) is 5.91 Å². The second-order valence-corrected chi connectivity index (χ2v) is 11.5. The van der Waals surface area contributed by atoms with E-state index in [0.29, 0.717) is 17.9 Å². The van der Waals surface area contributed by atoms with Crippen LogP contribution in [0.3, 0.4) is 0 Å². The van der Waals surface area contributed by atoms with Gasteiger partial charge in [-0.3, -0.25) is 9.59 Å². The number of carbonyl (C=O) groups excluding carboxylic acids is 3. The topological polar surface area (TPSA) is 72.5 Å². The fraction of sp³-hybridized carbons (Fsp3) is 0.444. The van der Waals surface area contributed by atoms with E-state index in [2.05, 4.69) is 29.6 Å². The molecule has 0 saturated carbocycles. The highest BCUT2D eigenvalue weighted by Crippen LogP contribution is 2.19. The minimum Gasteiger partial charge on any atom is -0.458 e. The van der Waals surface area contributed by atoms with Gasteiger partial charge in [-0.25, -0.2) is 4.79 Å². The number of aryl methyl sites for hydroxylation is 1. The van der Waals surface area contributed by atoms with Crippen LogP contribution in [0.1, 0.15) is 44.4 Å². The van der Waals surface area contributed by atoms with E-state index in [1.54, 1.807) is 11.8 Å². The molecule has 0 aliphatic heterocycles. The molecule has 1 N–H and O–H groups in total. The van der Waals surface area contributed by atoms with Gasteiger partial charge in [-0.2, -0.15) is 11.8 Å². The maximum absolute atomic E-state index is 13.3. The predicted molar refractivity (Wildman–Crippen MR) is 142 cm³/mol. The first-order valence-corrected chi connectivity index (χ1v) is 13.5. The van der Waals surface area contributed by atoms with Gasteiger partial charge in [-0.05, 0) is 45.2 Å². The fourth-order valence-electron chi connectivity index (χ4n) is 3.15. The van der Waals surface area contributed by atoms with E-state index in [1.807, 2.05) is 58.0 Å². The van der Waals surface area contributed by atoms with Crippen LogP contribution in [0.5, 0.6) is 0 Å². The maximum atomic E-state index is 13.3. The highest BCUT2D eigenvalue weighted by Gasteiger charge is 2.29. The minimum atomic E-state index is -0.775. The molecule has 0 fully saturated rings. The molecule has 0 aliphatic carbocycles. The zero-order chi connectivity index (χ0) is 25.1. The average Bonchev–Trinajstić information content (AvgIpc) is 2.76. The molecule has 0 unspecified atom stereocenters. The molecule has 1 amide bonds. The van der Waals surface area contributed by atoms with Crippen LogP contribution in [-0.4, -0.2) is 40.1 Å². The molecule has 0 aromatic heterocycles. The molecule has 0 spiro atoms. The van der Waals surface area contributed by atoms with Gasteiger partial charge in [0, 0.05) is 24.2 Å². The highest BCUT2D eigenvalue weighted by atomic mass is 32.2. The SMILES string of the molecule is CC(=O)SC[C@H](Cc1ccccc1)C(=O)N[C@@H](CSCc1ccc(C)cc1)C(=O)OC(C)(C)C. The Labute approximate surface area is 211 Å². The van der Waals surface area contributed by atoms with Gasteiger partial charge < -0.3 is 10.1 Å². The Morgan fingerprint density at radius 3 is 2.18 bits per heavy atom. The van der Waals surface area contributed by atoms with Gasteiger partial charge in [0.25, 0.3) is 0 Å². The van der Waals surface area contributed by atoms with Crippen molar-refractivity contribution in [2.45, 2.75) is 58.4 Å². The first-order chi connectivity index (χ1) is 16.0. The van der Waals surface area contributed by atoms with Crippen molar-refractivity contribution in [2.75, 3.05) is 11.5 Å². The van der Waals surface area contributed by atoms with Gasteiger partial charge in [0.05, 0.1) is 5.92 Å². The lowest BCUT2D eigenvalue weighted by molar-refractivity contribution is -0.158. The number of carbonyl (C=O) groups is 3. The average molecular weight is 502 g/mol. The maximum Gasteiger partial charge on any atom is 0.330 e. The number of amides is 1. The quantitative estimate of drug-likeness (QED) is 0.427. The molecule has 2 rings (SSSR count). The lowest BCUT2D eigenvalue weighted by atomic mass is 10.00. The smallest absolute Gasteiger partial charge is 0.330 e. The van der Waals surface area contributed by atoms with Crippen LogP contribution in [0.2, 0.25) is 0 Å². The van der Waals surface area contributed by atoms with Crippen molar-refractivity contribution < 1.29 is 19.1 Å². The first kappa shape index (κ1) is 28.0. The lowest BCUT2D eigenvalue weighted by Gasteiger charge is -2.26. The largest absolute Gasteiger partial charge is 0.458 e. The monoisotopic (exact) mass is 501 g/mol. The summed E-state index contributed by atoms with van der Waals surface area (Å²) < 4.78 is 5.59. The summed E-state index contributed by atoms with van der Waals surface area (Å²) in [5.41, 5.74) is 2.70. The van der Waals surface area contributed by atoms with Crippen molar-refractivity contribution in [2.24, 2.45) is 5.92 Å². The Kier molecular flexibility index (Phi) is 11.2. The fourth-order valence-corrected chi connectivity index (χ4v) is 4.86. The molecule has 184 valence electrons.